The lowest BCUT2D eigenvalue weighted by molar-refractivity contribution is -0.207. The lowest BCUT2D eigenvalue weighted by atomic mass is 9.77. The molecule has 31 heavy (non-hydrogen) atoms. The van der Waals surface area contributed by atoms with Crippen LogP contribution < -0.4 is 0 Å². The van der Waals surface area contributed by atoms with Gasteiger partial charge in [-0.3, -0.25) is 9.59 Å². The first-order chi connectivity index (χ1) is 14.5. The average molecular weight is 432 g/mol. The number of benzene rings is 1. The monoisotopic (exact) mass is 431 g/mol. The van der Waals surface area contributed by atoms with Gasteiger partial charge in [-0.1, -0.05) is 0 Å². The molecule has 0 saturated carbocycles. The predicted molar refractivity (Wildman–Crippen MR) is 114 cm³/mol. The number of likely N-dealkylation sites (N-methyl/N-ethyl adjacent to an activating group) is 1. The lowest BCUT2D eigenvalue weighted by Gasteiger charge is -2.52. The molecule has 1 spiro atoms. The van der Waals surface area contributed by atoms with Gasteiger partial charge >= 0.3 is 0 Å². The van der Waals surface area contributed by atoms with Crippen LogP contribution in [0.25, 0.3) is 10.9 Å². The Balaban J connectivity index is 1.49. The molecule has 2 aromatic rings. The fourth-order valence-corrected chi connectivity index (χ4v) is 4.94. The Morgan fingerprint density at radius 3 is 2.65 bits per heavy atom. The standard InChI is InChI=1S/C23H30FN3O4/c1-14-17-11-16(24)5-6-18(17)25-20(14)21(29)27-9-7-23(8-10-27)12-19(26(4)15(2)28)22(3,30)13-31-23/h5-6,11,19,25,30H,7-10,12-13H2,1-4H3/t19-,22-/m0/s1. The van der Waals surface area contributed by atoms with Crippen LogP contribution in [0.3, 0.4) is 0 Å². The molecule has 3 heterocycles. The second-order valence-electron chi connectivity index (χ2n) is 9.29. The van der Waals surface area contributed by atoms with Crippen molar-refractivity contribution in [1.82, 2.24) is 14.8 Å². The molecule has 168 valence electrons. The number of aromatic nitrogens is 1. The van der Waals surface area contributed by atoms with Gasteiger partial charge in [0.15, 0.2) is 0 Å². The van der Waals surface area contributed by atoms with E-state index >= 15 is 0 Å². The summed E-state index contributed by atoms with van der Waals surface area (Å²) in [7, 11) is 1.71. The third kappa shape index (κ3) is 3.83. The van der Waals surface area contributed by atoms with Gasteiger partial charge in [-0.15, -0.1) is 0 Å². The maximum atomic E-state index is 13.6. The fourth-order valence-electron chi connectivity index (χ4n) is 4.94. The van der Waals surface area contributed by atoms with Crippen LogP contribution in [-0.4, -0.2) is 75.7 Å². The second-order valence-corrected chi connectivity index (χ2v) is 9.29. The number of aromatic amines is 1. The number of nitrogens with zero attached hydrogens (tertiary/aromatic N) is 2. The Kier molecular flexibility index (Phi) is 5.34. The molecule has 2 fully saturated rings. The van der Waals surface area contributed by atoms with Crippen LogP contribution >= 0.6 is 0 Å². The maximum absolute atomic E-state index is 13.6. The highest BCUT2D eigenvalue weighted by molar-refractivity contribution is 6.00. The highest BCUT2D eigenvalue weighted by Crippen LogP contribution is 2.40. The molecule has 0 bridgehead atoms. The maximum Gasteiger partial charge on any atom is 0.270 e. The van der Waals surface area contributed by atoms with Crippen molar-refractivity contribution in [3.05, 3.63) is 35.3 Å². The number of ether oxygens (including phenoxy) is 1. The first-order valence-electron chi connectivity index (χ1n) is 10.7. The van der Waals surface area contributed by atoms with E-state index in [4.69, 9.17) is 4.74 Å². The molecule has 2 aliphatic rings. The summed E-state index contributed by atoms with van der Waals surface area (Å²) in [5.41, 5.74) is 0.385. The van der Waals surface area contributed by atoms with E-state index in [0.717, 1.165) is 11.1 Å². The van der Waals surface area contributed by atoms with Crippen molar-refractivity contribution in [3.63, 3.8) is 0 Å². The summed E-state index contributed by atoms with van der Waals surface area (Å²) in [5, 5.41) is 11.5. The average Bonchev–Trinajstić information content (AvgIpc) is 3.05. The summed E-state index contributed by atoms with van der Waals surface area (Å²) in [5.74, 6) is -0.534. The number of carbonyl (C=O) groups excluding carboxylic acids is 2. The smallest absolute Gasteiger partial charge is 0.270 e. The minimum absolute atomic E-state index is 0.0966. The Morgan fingerprint density at radius 2 is 2.00 bits per heavy atom. The molecule has 4 rings (SSSR count). The molecular formula is C23H30FN3O4. The zero-order valence-electron chi connectivity index (χ0n) is 18.5. The normalized spacial score (nSPS) is 25.7. The largest absolute Gasteiger partial charge is 0.386 e. The summed E-state index contributed by atoms with van der Waals surface area (Å²) in [6.07, 6.45) is 1.79. The van der Waals surface area contributed by atoms with Crippen molar-refractivity contribution in [3.8, 4) is 0 Å². The number of aliphatic hydroxyl groups is 1. The number of rotatable bonds is 2. The molecule has 0 unspecified atom stereocenters. The first kappa shape index (κ1) is 21.8. The van der Waals surface area contributed by atoms with Gasteiger partial charge in [-0.2, -0.15) is 0 Å². The number of hydrogen-bond acceptors (Lipinski definition) is 4. The molecule has 2 aliphatic heterocycles. The number of hydrogen-bond donors (Lipinski definition) is 2. The van der Waals surface area contributed by atoms with Crippen molar-refractivity contribution >= 4 is 22.7 Å². The van der Waals surface area contributed by atoms with Crippen molar-refractivity contribution < 1.29 is 23.8 Å². The first-order valence-corrected chi connectivity index (χ1v) is 10.7. The van der Waals surface area contributed by atoms with Gasteiger partial charge < -0.3 is 24.6 Å². The minimum atomic E-state index is -1.12. The SMILES string of the molecule is CC(=O)N(C)[C@H]1CC2(CCN(C(=O)c3[nH]c4ccc(F)cc4c3C)CC2)OC[C@]1(C)O. The third-order valence-electron chi connectivity index (χ3n) is 7.11. The van der Waals surface area contributed by atoms with Crippen LogP contribution in [0, 0.1) is 12.7 Å². The van der Waals surface area contributed by atoms with E-state index in [0.29, 0.717) is 43.4 Å². The van der Waals surface area contributed by atoms with Gasteiger partial charge in [-0.05, 0) is 56.9 Å². The van der Waals surface area contributed by atoms with Crippen molar-refractivity contribution in [2.45, 2.75) is 57.3 Å². The van der Waals surface area contributed by atoms with Crippen LogP contribution in [-0.2, 0) is 9.53 Å². The van der Waals surface area contributed by atoms with E-state index in [1.54, 1.807) is 29.8 Å². The lowest BCUT2D eigenvalue weighted by Crippen LogP contribution is -2.64. The minimum Gasteiger partial charge on any atom is -0.386 e. The molecular weight excluding hydrogens is 401 g/mol. The molecule has 0 radical (unpaired) electrons. The van der Waals surface area contributed by atoms with Crippen LogP contribution in [0.4, 0.5) is 4.39 Å². The van der Waals surface area contributed by atoms with Gasteiger partial charge in [0, 0.05) is 38.0 Å². The van der Waals surface area contributed by atoms with E-state index < -0.39 is 11.2 Å². The van der Waals surface area contributed by atoms with Crippen molar-refractivity contribution in [2.75, 3.05) is 26.7 Å². The highest BCUT2D eigenvalue weighted by atomic mass is 19.1. The zero-order chi connectivity index (χ0) is 22.6. The summed E-state index contributed by atoms with van der Waals surface area (Å²) in [4.78, 5) is 31.6. The Bertz CT molecular complexity index is 1020. The van der Waals surface area contributed by atoms with Gasteiger partial charge in [0.2, 0.25) is 5.91 Å². The molecule has 0 aliphatic carbocycles. The van der Waals surface area contributed by atoms with Gasteiger partial charge in [-0.25, -0.2) is 4.39 Å². The van der Waals surface area contributed by atoms with Crippen LogP contribution in [0.1, 0.15) is 49.2 Å². The fraction of sp³-hybridized carbons (Fsp3) is 0.565. The number of H-pyrrole nitrogens is 1. The topological polar surface area (TPSA) is 85.9 Å². The van der Waals surface area contributed by atoms with Crippen LogP contribution in [0.2, 0.25) is 0 Å². The molecule has 2 atom stereocenters. The number of nitrogens with one attached hydrogen (secondary N) is 1. The number of carbonyl (C=O) groups is 2. The molecule has 2 amide bonds. The highest BCUT2D eigenvalue weighted by Gasteiger charge is 2.50. The molecule has 1 aromatic carbocycles. The molecule has 2 saturated heterocycles. The van der Waals surface area contributed by atoms with Crippen LogP contribution in [0.5, 0.6) is 0 Å². The molecule has 8 heteroatoms. The second kappa shape index (κ2) is 7.60. The van der Waals surface area contributed by atoms with E-state index in [2.05, 4.69) is 4.98 Å². The van der Waals surface area contributed by atoms with Crippen LogP contribution in [0.15, 0.2) is 18.2 Å². The van der Waals surface area contributed by atoms with Crippen molar-refractivity contribution in [1.29, 1.82) is 0 Å². The number of fused-ring (bicyclic) bond motifs is 1. The number of halogens is 1. The van der Waals surface area contributed by atoms with E-state index in [-0.39, 0.29) is 30.3 Å². The van der Waals surface area contributed by atoms with Gasteiger partial charge in [0.25, 0.3) is 5.91 Å². The molecule has 7 nitrogen and oxygen atoms in total. The number of piperidine rings is 1. The van der Waals surface area contributed by atoms with E-state index in [1.807, 2.05) is 6.92 Å². The summed E-state index contributed by atoms with van der Waals surface area (Å²) < 4.78 is 19.7. The van der Waals surface area contributed by atoms with E-state index in [9.17, 15) is 19.1 Å². The van der Waals surface area contributed by atoms with Gasteiger partial charge in [0.1, 0.15) is 17.1 Å². The summed E-state index contributed by atoms with van der Waals surface area (Å²) in [6, 6.07) is 4.12. The summed E-state index contributed by atoms with van der Waals surface area (Å²) >= 11 is 0. The number of amides is 2. The Morgan fingerprint density at radius 1 is 1.32 bits per heavy atom. The quantitative estimate of drug-likeness (QED) is 0.766. The predicted octanol–water partition coefficient (Wildman–Crippen LogP) is 2.61. The third-order valence-corrected chi connectivity index (χ3v) is 7.11. The van der Waals surface area contributed by atoms with Crippen molar-refractivity contribution in [2.24, 2.45) is 0 Å². The summed E-state index contributed by atoms with van der Waals surface area (Å²) in [6.45, 7) is 6.20. The zero-order valence-corrected chi connectivity index (χ0v) is 18.5. The number of likely N-dealkylation sites (tertiary alicyclic amines) is 1. The number of aryl methyl sites for hydroxylation is 1. The van der Waals surface area contributed by atoms with E-state index in [1.165, 1.54) is 19.1 Å². The van der Waals surface area contributed by atoms with Gasteiger partial charge in [0.05, 0.1) is 18.2 Å². The molecule has 2 N–H and O–H groups in total. The molecule has 1 aromatic heterocycles. The Hall–Kier alpha value is -2.45. The Labute approximate surface area is 181 Å².